The van der Waals surface area contributed by atoms with Gasteiger partial charge in [0.25, 0.3) is 0 Å². The summed E-state index contributed by atoms with van der Waals surface area (Å²) in [5.41, 5.74) is 0. The highest BCUT2D eigenvalue weighted by atomic mass is 32.1. The molecule has 1 atom stereocenters. The molecule has 0 radical (unpaired) electrons. The van der Waals surface area contributed by atoms with Crippen molar-refractivity contribution in [1.29, 1.82) is 0 Å². The van der Waals surface area contributed by atoms with Gasteiger partial charge in [0, 0.05) is 44.8 Å². The van der Waals surface area contributed by atoms with E-state index in [9.17, 15) is 9.59 Å². The predicted molar refractivity (Wildman–Crippen MR) is 92.1 cm³/mol. The van der Waals surface area contributed by atoms with E-state index in [4.69, 9.17) is 0 Å². The minimum absolute atomic E-state index is 0.00509. The third kappa shape index (κ3) is 5.44. The number of nitrogens with one attached hydrogen (secondary N) is 1. The minimum atomic E-state index is -0.109. The van der Waals surface area contributed by atoms with Crippen molar-refractivity contribution in [3.05, 3.63) is 22.7 Å². The smallest absolute Gasteiger partial charge is 0.244 e. The normalized spacial score (nSPS) is 18.4. The van der Waals surface area contributed by atoms with E-state index in [0.717, 1.165) is 37.4 Å². The fraction of sp³-hybridized carbons (Fsp3) is 0.562. The molecular formula is C16H24N4O2S. The molecule has 1 aromatic rings. The van der Waals surface area contributed by atoms with Crippen molar-refractivity contribution in [3.63, 3.8) is 0 Å². The number of rotatable bonds is 7. The maximum atomic E-state index is 12.1. The summed E-state index contributed by atoms with van der Waals surface area (Å²) in [5.74, 6) is 0.0699. The Balaban J connectivity index is 1.66. The Morgan fingerprint density at radius 1 is 1.52 bits per heavy atom. The lowest BCUT2D eigenvalue weighted by Gasteiger charge is -2.25. The molecule has 1 aliphatic heterocycles. The fourth-order valence-corrected chi connectivity index (χ4v) is 3.22. The number of carbonyl (C=O) groups excluding carboxylic acids is 2. The first-order chi connectivity index (χ1) is 11.1. The van der Waals surface area contributed by atoms with Crippen LogP contribution in [0.2, 0.25) is 0 Å². The Labute approximate surface area is 141 Å². The molecule has 0 saturated carbocycles. The van der Waals surface area contributed by atoms with Crippen LogP contribution in [0, 0.1) is 0 Å². The van der Waals surface area contributed by atoms with Crippen LogP contribution in [0.4, 0.5) is 0 Å². The van der Waals surface area contributed by atoms with Crippen LogP contribution in [0.25, 0.3) is 6.08 Å². The van der Waals surface area contributed by atoms with Crippen LogP contribution < -0.4 is 5.32 Å². The fourth-order valence-electron chi connectivity index (χ4n) is 2.69. The zero-order valence-electron chi connectivity index (χ0n) is 13.7. The van der Waals surface area contributed by atoms with Gasteiger partial charge in [-0.15, -0.1) is 11.3 Å². The van der Waals surface area contributed by atoms with Crippen LogP contribution in [-0.2, 0) is 9.59 Å². The Kier molecular flexibility index (Phi) is 6.73. The molecule has 0 spiro atoms. The molecule has 0 unspecified atom stereocenters. The number of thiazole rings is 1. The molecule has 1 fully saturated rings. The summed E-state index contributed by atoms with van der Waals surface area (Å²) in [4.78, 5) is 31.8. The van der Waals surface area contributed by atoms with Gasteiger partial charge in [-0.2, -0.15) is 0 Å². The van der Waals surface area contributed by atoms with Crippen molar-refractivity contribution in [3.8, 4) is 0 Å². The van der Waals surface area contributed by atoms with Crippen molar-refractivity contribution >= 4 is 29.2 Å². The Morgan fingerprint density at radius 3 is 3.04 bits per heavy atom. The lowest BCUT2D eigenvalue weighted by atomic mass is 10.2. The SMILES string of the molecule is CN(C)C(=O)[C@H]1CCCN1CCCNC(=O)/C=C/c1nccs1. The summed E-state index contributed by atoms with van der Waals surface area (Å²) >= 11 is 1.49. The lowest BCUT2D eigenvalue weighted by molar-refractivity contribution is -0.133. The topological polar surface area (TPSA) is 65.5 Å². The molecule has 0 aromatic carbocycles. The van der Waals surface area contributed by atoms with Gasteiger partial charge in [-0.25, -0.2) is 4.98 Å². The van der Waals surface area contributed by atoms with Crippen LogP contribution in [0.3, 0.4) is 0 Å². The first-order valence-electron chi connectivity index (χ1n) is 7.88. The minimum Gasteiger partial charge on any atom is -0.353 e. The highest BCUT2D eigenvalue weighted by Crippen LogP contribution is 2.18. The first kappa shape index (κ1) is 17.6. The molecule has 2 heterocycles. The number of nitrogens with zero attached hydrogens (tertiary/aromatic N) is 3. The lowest BCUT2D eigenvalue weighted by Crippen LogP contribution is -2.43. The molecule has 7 heteroatoms. The number of carbonyl (C=O) groups is 2. The maximum absolute atomic E-state index is 12.1. The van der Waals surface area contributed by atoms with Gasteiger partial charge >= 0.3 is 0 Å². The van der Waals surface area contributed by atoms with Gasteiger partial charge in [0.1, 0.15) is 5.01 Å². The number of aromatic nitrogens is 1. The van der Waals surface area contributed by atoms with Crippen LogP contribution in [0.1, 0.15) is 24.3 Å². The Bertz CT molecular complexity index is 542. The van der Waals surface area contributed by atoms with Crippen molar-refractivity contribution in [2.24, 2.45) is 0 Å². The standard InChI is InChI=1S/C16H24N4O2S/c1-19(2)16(22)13-5-3-10-20(13)11-4-8-17-14(21)6-7-15-18-9-12-23-15/h6-7,9,12-13H,3-5,8,10-11H2,1-2H3,(H,17,21)/b7-6+/t13-/m1/s1. The van der Waals surface area contributed by atoms with Crippen molar-refractivity contribution in [2.45, 2.75) is 25.3 Å². The Morgan fingerprint density at radius 2 is 2.35 bits per heavy atom. The van der Waals surface area contributed by atoms with Gasteiger partial charge in [0.05, 0.1) is 6.04 Å². The summed E-state index contributed by atoms with van der Waals surface area (Å²) in [5, 5.41) is 5.56. The van der Waals surface area contributed by atoms with Crippen LogP contribution in [0.5, 0.6) is 0 Å². The summed E-state index contributed by atoms with van der Waals surface area (Å²) in [6.45, 7) is 2.41. The van der Waals surface area contributed by atoms with E-state index in [-0.39, 0.29) is 17.9 Å². The number of hydrogen-bond donors (Lipinski definition) is 1. The number of likely N-dealkylation sites (N-methyl/N-ethyl adjacent to an activating group) is 1. The predicted octanol–water partition coefficient (Wildman–Crippen LogP) is 1.22. The first-order valence-corrected chi connectivity index (χ1v) is 8.76. The van der Waals surface area contributed by atoms with Gasteiger partial charge in [0.2, 0.25) is 11.8 Å². The monoisotopic (exact) mass is 336 g/mol. The summed E-state index contributed by atoms with van der Waals surface area (Å²) in [7, 11) is 3.60. The molecule has 2 rings (SSSR count). The number of hydrogen-bond acceptors (Lipinski definition) is 5. The van der Waals surface area contributed by atoms with E-state index < -0.39 is 0 Å². The maximum Gasteiger partial charge on any atom is 0.244 e. The quantitative estimate of drug-likeness (QED) is 0.600. The molecule has 1 saturated heterocycles. The van der Waals surface area contributed by atoms with Crippen LogP contribution in [-0.4, -0.2) is 66.4 Å². The molecule has 0 aliphatic carbocycles. The van der Waals surface area contributed by atoms with Gasteiger partial charge in [-0.3, -0.25) is 14.5 Å². The van der Waals surface area contributed by atoms with Crippen molar-refractivity contribution in [2.75, 3.05) is 33.7 Å². The van der Waals surface area contributed by atoms with Crippen LogP contribution in [0.15, 0.2) is 17.7 Å². The van der Waals surface area contributed by atoms with Gasteiger partial charge in [0.15, 0.2) is 0 Å². The second kappa shape index (κ2) is 8.79. The molecule has 1 aromatic heterocycles. The molecule has 6 nitrogen and oxygen atoms in total. The molecule has 1 N–H and O–H groups in total. The molecule has 2 amide bonds. The van der Waals surface area contributed by atoms with Crippen LogP contribution >= 0.6 is 11.3 Å². The average Bonchev–Trinajstić information content (AvgIpc) is 3.20. The van der Waals surface area contributed by atoms with Gasteiger partial charge in [-0.05, 0) is 31.9 Å². The van der Waals surface area contributed by atoms with E-state index >= 15 is 0 Å². The van der Waals surface area contributed by atoms with Gasteiger partial charge in [-0.1, -0.05) is 0 Å². The zero-order chi connectivity index (χ0) is 16.7. The number of likely N-dealkylation sites (tertiary alicyclic amines) is 1. The average molecular weight is 336 g/mol. The van der Waals surface area contributed by atoms with E-state index in [0.29, 0.717) is 6.54 Å². The summed E-state index contributed by atoms with van der Waals surface area (Å²) < 4.78 is 0. The van der Waals surface area contributed by atoms with E-state index in [1.54, 1.807) is 31.3 Å². The van der Waals surface area contributed by atoms with E-state index in [1.165, 1.54) is 17.4 Å². The van der Waals surface area contributed by atoms with Gasteiger partial charge < -0.3 is 10.2 Å². The van der Waals surface area contributed by atoms with Crippen molar-refractivity contribution in [1.82, 2.24) is 20.1 Å². The molecular weight excluding hydrogens is 312 g/mol. The van der Waals surface area contributed by atoms with Crippen molar-refractivity contribution < 1.29 is 9.59 Å². The zero-order valence-corrected chi connectivity index (χ0v) is 14.5. The van der Waals surface area contributed by atoms with E-state index in [2.05, 4.69) is 15.2 Å². The second-order valence-corrected chi connectivity index (χ2v) is 6.70. The summed E-state index contributed by atoms with van der Waals surface area (Å²) in [6, 6.07) is 0.00509. The third-order valence-electron chi connectivity index (χ3n) is 3.84. The highest BCUT2D eigenvalue weighted by molar-refractivity contribution is 7.10. The van der Waals surface area contributed by atoms with E-state index in [1.807, 2.05) is 5.38 Å². The third-order valence-corrected chi connectivity index (χ3v) is 4.58. The molecule has 23 heavy (non-hydrogen) atoms. The highest BCUT2D eigenvalue weighted by Gasteiger charge is 2.30. The largest absolute Gasteiger partial charge is 0.353 e. The second-order valence-electron chi connectivity index (χ2n) is 5.77. The Hall–Kier alpha value is -1.73. The molecule has 0 bridgehead atoms. The molecule has 1 aliphatic rings. The summed E-state index contributed by atoms with van der Waals surface area (Å²) in [6.07, 6.45) is 7.77. The number of amides is 2. The molecule has 126 valence electrons.